The van der Waals surface area contributed by atoms with E-state index < -0.39 is 6.04 Å². The molecule has 2 atom stereocenters. The molecule has 0 saturated carbocycles. The largest absolute Gasteiger partial charge is 0.351 e. The van der Waals surface area contributed by atoms with Crippen LogP contribution in [0.5, 0.6) is 0 Å². The fraction of sp³-hybridized carbons (Fsp3) is 0.556. The maximum atomic E-state index is 12.5. The summed E-state index contributed by atoms with van der Waals surface area (Å²) in [6.07, 6.45) is 5.91. The van der Waals surface area contributed by atoms with E-state index in [4.69, 9.17) is 0 Å². The summed E-state index contributed by atoms with van der Waals surface area (Å²) in [4.78, 5) is 24.2. The van der Waals surface area contributed by atoms with Crippen LogP contribution in [0.25, 0.3) is 0 Å². The summed E-state index contributed by atoms with van der Waals surface area (Å²) in [6.45, 7) is 1.80. The third-order valence-corrected chi connectivity index (χ3v) is 4.92. The van der Waals surface area contributed by atoms with E-state index in [1.807, 2.05) is 12.3 Å². The highest BCUT2D eigenvalue weighted by Crippen LogP contribution is 2.21. The highest BCUT2D eigenvalue weighted by atomic mass is 32.2. The molecule has 23 heavy (non-hydrogen) atoms. The fourth-order valence-corrected chi connectivity index (χ4v) is 3.40. The smallest absolute Gasteiger partial charge is 0.242 e. The summed E-state index contributed by atoms with van der Waals surface area (Å²) in [5.74, 6) is 0.737. The number of thioether (sulfide) groups is 1. The maximum absolute atomic E-state index is 12.5. The van der Waals surface area contributed by atoms with Crippen LogP contribution in [0.3, 0.4) is 0 Å². The van der Waals surface area contributed by atoms with Gasteiger partial charge in [-0.1, -0.05) is 31.2 Å². The van der Waals surface area contributed by atoms with Crippen LogP contribution in [-0.2, 0) is 22.4 Å². The van der Waals surface area contributed by atoms with Crippen LogP contribution in [0.15, 0.2) is 24.3 Å². The topological polar surface area (TPSA) is 58.2 Å². The maximum Gasteiger partial charge on any atom is 0.242 e. The number of carbonyl (C=O) groups is 2. The molecule has 0 aromatic heterocycles. The molecule has 0 radical (unpaired) electrons. The zero-order valence-electron chi connectivity index (χ0n) is 13.9. The van der Waals surface area contributed by atoms with E-state index in [1.54, 1.807) is 18.7 Å². The first-order valence-electron chi connectivity index (χ1n) is 8.29. The predicted octanol–water partition coefficient (Wildman–Crippen LogP) is 2.31. The van der Waals surface area contributed by atoms with Crippen LogP contribution in [0.2, 0.25) is 0 Å². The molecule has 1 aromatic carbocycles. The van der Waals surface area contributed by atoms with Crippen molar-refractivity contribution in [2.45, 2.75) is 51.1 Å². The van der Waals surface area contributed by atoms with Crippen LogP contribution >= 0.6 is 11.8 Å². The van der Waals surface area contributed by atoms with Gasteiger partial charge in [-0.15, -0.1) is 0 Å². The monoisotopic (exact) mass is 334 g/mol. The third-order valence-electron chi connectivity index (χ3n) is 4.28. The Kier molecular flexibility index (Phi) is 6.96. The van der Waals surface area contributed by atoms with Gasteiger partial charge in [0.15, 0.2) is 0 Å². The number of hydrogen-bond donors (Lipinski definition) is 2. The van der Waals surface area contributed by atoms with E-state index in [1.165, 1.54) is 11.1 Å². The lowest BCUT2D eigenvalue weighted by molar-refractivity contribution is -0.129. The molecule has 1 aliphatic rings. The Bertz CT molecular complexity index is 548. The van der Waals surface area contributed by atoms with Crippen LogP contribution in [0.1, 0.15) is 37.3 Å². The molecule has 126 valence electrons. The Morgan fingerprint density at radius 3 is 2.74 bits per heavy atom. The third kappa shape index (κ3) is 5.27. The van der Waals surface area contributed by atoms with Crippen molar-refractivity contribution in [2.24, 2.45) is 0 Å². The number of rotatable bonds is 7. The van der Waals surface area contributed by atoms with Crippen molar-refractivity contribution in [1.29, 1.82) is 0 Å². The van der Waals surface area contributed by atoms with E-state index >= 15 is 0 Å². The number of hydrogen-bond acceptors (Lipinski definition) is 3. The van der Waals surface area contributed by atoms with Gasteiger partial charge in [0.25, 0.3) is 0 Å². The van der Waals surface area contributed by atoms with Gasteiger partial charge in [-0.05, 0) is 48.8 Å². The molecular formula is C18H26N2O2S. The van der Waals surface area contributed by atoms with Gasteiger partial charge in [-0.25, -0.2) is 0 Å². The molecule has 0 heterocycles. The number of benzene rings is 1. The SMILES string of the molecule is CCC(=O)NC(CCSC)C(=O)NC1CCc2ccccc2C1. The Balaban J connectivity index is 1.94. The highest BCUT2D eigenvalue weighted by Gasteiger charge is 2.25. The summed E-state index contributed by atoms with van der Waals surface area (Å²) < 4.78 is 0. The van der Waals surface area contributed by atoms with Crippen molar-refractivity contribution in [2.75, 3.05) is 12.0 Å². The van der Waals surface area contributed by atoms with Gasteiger partial charge in [0.1, 0.15) is 6.04 Å². The fourth-order valence-electron chi connectivity index (χ4n) is 2.92. The second kappa shape index (κ2) is 8.96. The van der Waals surface area contributed by atoms with Crippen LogP contribution in [0, 0.1) is 0 Å². The number of nitrogens with one attached hydrogen (secondary N) is 2. The summed E-state index contributed by atoms with van der Waals surface area (Å²) >= 11 is 1.69. The molecule has 0 fully saturated rings. The van der Waals surface area contributed by atoms with Crippen LogP contribution < -0.4 is 10.6 Å². The lowest BCUT2D eigenvalue weighted by Gasteiger charge is -2.27. The average Bonchev–Trinajstić information content (AvgIpc) is 2.58. The minimum atomic E-state index is -0.424. The molecule has 5 heteroatoms. The zero-order chi connectivity index (χ0) is 16.7. The molecule has 2 amide bonds. The molecule has 1 aliphatic carbocycles. The minimum absolute atomic E-state index is 0.0507. The number of fused-ring (bicyclic) bond motifs is 1. The van der Waals surface area contributed by atoms with Gasteiger partial charge < -0.3 is 10.6 Å². The van der Waals surface area contributed by atoms with E-state index in [-0.39, 0.29) is 17.9 Å². The molecule has 0 spiro atoms. The Morgan fingerprint density at radius 2 is 2.04 bits per heavy atom. The Hall–Kier alpha value is -1.49. The van der Waals surface area contributed by atoms with E-state index in [2.05, 4.69) is 28.8 Å². The highest BCUT2D eigenvalue weighted by molar-refractivity contribution is 7.98. The molecule has 4 nitrogen and oxygen atoms in total. The quantitative estimate of drug-likeness (QED) is 0.804. The van der Waals surface area contributed by atoms with E-state index in [0.717, 1.165) is 25.0 Å². The van der Waals surface area contributed by atoms with E-state index in [9.17, 15) is 9.59 Å². The minimum Gasteiger partial charge on any atom is -0.351 e. The van der Waals surface area contributed by atoms with Crippen molar-refractivity contribution in [3.63, 3.8) is 0 Å². The Morgan fingerprint density at radius 1 is 1.30 bits per heavy atom. The second-order valence-corrected chi connectivity index (χ2v) is 6.96. The molecule has 2 rings (SSSR count). The molecule has 1 aromatic rings. The molecular weight excluding hydrogens is 308 g/mol. The van der Waals surface area contributed by atoms with Gasteiger partial charge in [-0.2, -0.15) is 11.8 Å². The first kappa shape index (κ1) is 17.9. The molecule has 0 bridgehead atoms. The van der Waals surface area contributed by atoms with Crippen molar-refractivity contribution >= 4 is 23.6 Å². The number of amides is 2. The van der Waals surface area contributed by atoms with Crippen molar-refractivity contribution in [1.82, 2.24) is 10.6 Å². The summed E-state index contributed by atoms with van der Waals surface area (Å²) in [5.41, 5.74) is 2.71. The lowest BCUT2D eigenvalue weighted by Crippen LogP contribution is -2.50. The van der Waals surface area contributed by atoms with Gasteiger partial charge in [0, 0.05) is 12.5 Å². The molecule has 0 aliphatic heterocycles. The van der Waals surface area contributed by atoms with E-state index in [0.29, 0.717) is 12.8 Å². The second-order valence-electron chi connectivity index (χ2n) is 5.97. The van der Waals surface area contributed by atoms with Gasteiger partial charge in [0.2, 0.25) is 11.8 Å². The Labute approximate surface area is 142 Å². The number of carbonyl (C=O) groups excluding carboxylic acids is 2. The summed E-state index contributed by atoms with van der Waals surface area (Å²) in [7, 11) is 0. The van der Waals surface area contributed by atoms with Gasteiger partial charge in [-0.3, -0.25) is 9.59 Å². The van der Waals surface area contributed by atoms with Crippen LogP contribution in [-0.4, -0.2) is 35.9 Å². The van der Waals surface area contributed by atoms with Crippen molar-refractivity contribution < 1.29 is 9.59 Å². The molecule has 0 saturated heterocycles. The first-order valence-corrected chi connectivity index (χ1v) is 9.68. The normalized spacial score (nSPS) is 17.9. The van der Waals surface area contributed by atoms with Crippen molar-refractivity contribution in [3.8, 4) is 0 Å². The standard InChI is InChI=1S/C18H26N2O2S/c1-3-17(21)20-16(10-11-23-2)18(22)19-15-9-8-13-6-4-5-7-14(13)12-15/h4-7,15-16H,3,8-12H2,1-2H3,(H,19,22)(H,20,21). The summed E-state index contributed by atoms with van der Waals surface area (Å²) in [5, 5.41) is 5.98. The predicted molar refractivity (Wildman–Crippen MR) is 95.6 cm³/mol. The van der Waals surface area contributed by atoms with Crippen LogP contribution in [0.4, 0.5) is 0 Å². The molecule has 2 N–H and O–H groups in total. The van der Waals surface area contributed by atoms with Crippen molar-refractivity contribution in [3.05, 3.63) is 35.4 Å². The number of aryl methyl sites for hydroxylation is 1. The first-order chi connectivity index (χ1) is 11.1. The zero-order valence-corrected chi connectivity index (χ0v) is 14.7. The average molecular weight is 334 g/mol. The van der Waals surface area contributed by atoms with Gasteiger partial charge in [0.05, 0.1) is 0 Å². The summed E-state index contributed by atoms with van der Waals surface area (Å²) in [6, 6.07) is 8.15. The lowest BCUT2D eigenvalue weighted by atomic mass is 9.88. The molecule has 2 unspecified atom stereocenters. The van der Waals surface area contributed by atoms with Gasteiger partial charge >= 0.3 is 0 Å².